The average Bonchev–Trinajstić information content (AvgIpc) is 2.04. The van der Waals surface area contributed by atoms with Crippen LogP contribution in [0.3, 0.4) is 0 Å². The Labute approximate surface area is 76.1 Å². The fraction of sp³-hybridized carbons (Fsp3) is 0.818. The normalized spacial score (nSPS) is 31.4. The number of nitrogens with zero attached hydrogens (tertiary/aromatic N) is 1. The van der Waals surface area contributed by atoms with Gasteiger partial charge in [0.15, 0.2) is 0 Å². The molecule has 68 valence electrons. The van der Waals surface area contributed by atoms with Gasteiger partial charge < -0.3 is 0 Å². The van der Waals surface area contributed by atoms with Gasteiger partial charge in [0.25, 0.3) is 0 Å². The average molecular weight is 165 g/mol. The molecule has 0 radical (unpaired) electrons. The summed E-state index contributed by atoms with van der Waals surface area (Å²) in [7, 11) is 0. The van der Waals surface area contributed by atoms with Crippen molar-refractivity contribution < 1.29 is 0 Å². The summed E-state index contributed by atoms with van der Waals surface area (Å²) in [6.45, 7) is 5.71. The van der Waals surface area contributed by atoms with Gasteiger partial charge in [-0.3, -0.25) is 4.90 Å². The Morgan fingerprint density at radius 3 is 2.42 bits per heavy atom. The van der Waals surface area contributed by atoms with E-state index in [0.29, 0.717) is 0 Å². The highest BCUT2D eigenvalue weighted by Gasteiger charge is 2.23. The third-order valence-corrected chi connectivity index (χ3v) is 2.89. The maximum atomic E-state index is 5.26. The van der Waals surface area contributed by atoms with Crippen LogP contribution in [0.2, 0.25) is 0 Å². The second-order valence-electron chi connectivity index (χ2n) is 3.82. The second-order valence-corrected chi connectivity index (χ2v) is 3.82. The minimum absolute atomic E-state index is 0.738. The van der Waals surface area contributed by atoms with E-state index in [9.17, 15) is 0 Å². The molecular formula is C11H19N. The van der Waals surface area contributed by atoms with Gasteiger partial charge in [0.05, 0.1) is 0 Å². The molecule has 12 heavy (non-hydrogen) atoms. The number of hydrogen-bond acceptors (Lipinski definition) is 1. The van der Waals surface area contributed by atoms with Crippen LogP contribution < -0.4 is 0 Å². The van der Waals surface area contributed by atoms with Crippen molar-refractivity contribution in [2.45, 2.75) is 51.6 Å². The lowest BCUT2D eigenvalue weighted by molar-refractivity contribution is 0.107. The highest BCUT2D eigenvalue weighted by molar-refractivity contribution is 4.88. The molecule has 0 aromatic carbocycles. The van der Waals surface area contributed by atoms with Crippen LogP contribution in [0.25, 0.3) is 0 Å². The minimum atomic E-state index is 0.738. The molecule has 1 fully saturated rings. The molecule has 0 aliphatic carbocycles. The van der Waals surface area contributed by atoms with Gasteiger partial charge in [-0.15, -0.1) is 12.3 Å². The van der Waals surface area contributed by atoms with Crippen molar-refractivity contribution in [3.8, 4) is 12.3 Å². The number of hydrogen-bond donors (Lipinski definition) is 0. The van der Waals surface area contributed by atoms with E-state index in [1.807, 2.05) is 0 Å². The van der Waals surface area contributed by atoms with Crippen molar-refractivity contribution in [1.82, 2.24) is 4.90 Å². The fourth-order valence-corrected chi connectivity index (χ4v) is 2.11. The van der Waals surface area contributed by atoms with Crippen LogP contribution in [0.1, 0.15) is 39.5 Å². The van der Waals surface area contributed by atoms with E-state index in [1.54, 1.807) is 0 Å². The van der Waals surface area contributed by atoms with E-state index in [2.05, 4.69) is 24.7 Å². The molecule has 2 atom stereocenters. The van der Waals surface area contributed by atoms with E-state index in [4.69, 9.17) is 6.42 Å². The molecule has 1 aliphatic heterocycles. The van der Waals surface area contributed by atoms with Crippen molar-refractivity contribution in [3.05, 3.63) is 0 Å². The summed E-state index contributed by atoms with van der Waals surface area (Å²) >= 11 is 0. The first-order valence-corrected chi connectivity index (χ1v) is 4.95. The Kier molecular flexibility index (Phi) is 3.62. The first kappa shape index (κ1) is 9.61. The Hall–Kier alpha value is -0.480. The quantitative estimate of drug-likeness (QED) is 0.567. The third kappa shape index (κ3) is 2.25. The molecule has 0 unspecified atom stereocenters. The van der Waals surface area contributed by atoms with Crippen molar-refractivity contribution in [3.63, 3.8) is 0 Å². The lowest BCUT2D eigenvalue weighted by Crippen LogP contribution is -2.43. The molecule has 0 spiro atoms. The van der Waals surface area contributed by atoms with Gasteiger partial charge in [0.1, 0.15) is 0 Å². The Morgan fingerprint density at radius 1 is 1.33 bits per heavy atom. The molecule has 1 saturated heterocycles. The molecule has 0 aromatic heterocycles. The molecular weight excluding hydrogens is 146 g/mol. The summed E-state index contributed by atoms with van der Waals surface area (Å²) < 4.78 is 0. The monoisotopic (exact) mass is 165 g/mol. The third-order valence-electron chi connectivity index (χ3n) is 2.89. The molecule has 0 bridgehead atoms. The van der Waals surface area contributed by atoms with E-state index < -0.39 is 0 Å². The van der Waals surface area contributed by atoms with Crippen LogP contribution in [-0.4, -0.2) is 23.5 Å². The Morgan fingerprint density at radius 2 is 1.92 bits per heavy atom. The second kappa shape index (κ2) is 4.52. The first-order chi connectivity index (χ1) is 5.75. The molecule has 1 heteroatoms. The summed E-state index contributed by atoms with van der Waals surface area (Å²) in [5, 5.41) is 0. The molecule has 0 N–H and O–H groups in total. The van der Waals surface area contributed by atoms with Gasteiger partial charge >= 0.3 is 0 Å². The van der Waals surface area contributed by atoms with Gasteiger partial charge in [-0.05, 0) is 26.7 Å². The molecule has 1 aliphatic rings. The Balaban J connectivity index is 2.41. The van der Waals surface area contributed by atoms with E-state index in [0.717, 1.165) is 25.0 Å². The van der Waals surface area contributed by atoms with Gasteiger partial charge in [-0.25, -0.2) is 0 Å². The van der Waals surface area contributed by atoms with Crippen LogP contribution >= 0.6 is 0 Å². The zero-order valence-corrected chi connectivity index (χ0v) is 8.21. The van der Waals surface area contributed by atoms with Crippen LogP contribution in [0.15, 0.2) is 0 Å². The maximum absolute atomic E-state index is 5.26. The van der Waals surface area contributed by atoms with E-state index in [1.165, 1.54) is 19.3 Å². The summed E-state index contributed by atoms with van der Waals surface area (Å²) in [6, 6.07) is 1.48. The van der Waals surface area contributed by atoms with E-state index in [-0.39, 0.29) is 0 Å². The fourth-order valence-electron chi connectivity index (χ4n) is 2.11. The zero-order valence-electron chi connectivity index (χ0n) is 8.21. The molecule has 0 amide bonds. The summed E-state index contributed by atoms with van der Waals surface area (Å²) in [6.07, 6.45) is 10.2. The van der Waals surface area contributed by atoms with Crippen LogP contribution in [-0.2, 0) is 0 Å². The van der Waals surface area contributed by atoms with E-state index >= 15 is 0 Å². The van der Waals surface area contributed by atoms with Crippen LogP contribution in [0.4, 0.5) is 0 Å². The number of rotatable bonds is 2. The topological polar surface area (TPSA) is 3.24 Å². The zero-order chi connectivity index (χ0) is 8.97. The number of likely N-dealkylation sites (tertiary alicyclic amines) is 1. The van der Waals surface area contributed by atoms with Gasteiger partial charge in [-0.1, -0.05) is 6.42 Å². The standard InChI is InChI=1S/C11H19N/c1-4-5-9-12-10(2)7-6-8-11(12)3/h1,10-11H,5-9H2,2-3H3/t10-,11+. The van der Waals surface area contributed by atoms with Crippen molar-refractivity contribution in [1.29, 1.82) is 0 Å². The van der Waals surface area contributed by atoms with Crippen molar-refractivity contribution in [2.24, 2.45) is 0 Å². The summed E-state index contributed by atoms with van der Waals surface area (Å²) in [5.41, 5.74) is 0. The largest absolute Gasteiger partial charge is 0.297 e. The van der Waals surface area contributed by atoms with Crippen molar-refractivity contribution in [2.75, 3.05) is 6.54 Å². The van der Waals surface area contributed by atoms with Crippen LogP contribution in [0, 0.1) is 12.3 Å². The molecule has 0 aromatic rings. The number of piperidine rings is 1. The van der Waals surface area contributed by atoms with Crippen LogP contribution in [0.5, 0.6) is 0 Å². The molecule has 1 rings (SSSR count). The predicted octanol–water partition coefficient (Wildman–Crippen LogP) is 2.27. The lowest BCUT2D eigenvalue weighted by atomic mass is 9.97. The SMILES string of the molecule is C#CCCN1[C@H](C)CCC[C@@H]1C. The summed E-state index contributed by atoms with van der Waals surface area (Å²) in [5.74, 6) is 2.71. The van der Waals surface area contributed by atoms with Gasteiger partial charge in [-0.2, -0.15) is 0 Å². The minimum Gasteiger partial charge on any atom is -0.297 e. The molecule has 1 nitrogen and oxygen atoms in total. The van der Waals surface area contributed by atoms with Gasteiger partial charge in [0.2, 0.25) is 0 Å². The first-order valence-electron chi connectivity index (χ1n) is 4.95. The highest BCUT2D eigenvalue weighted by Crippen LogP contribution is 2.22. The smallest absolute Gasteiger partial charge is 0.0214 e. The Bertz CT molecular complexity index is 158. The summed E-state index contributed by atoms with van der Waals surface area (Å²) in [4.78, 5) is 2.54. The predicted molar refractivity (Wildman–Crippen MR) is 52.9 cm³/mol. The molecule has 1 heterocycles. The number of terminal acetylenes is 1. The maximum Gasteiger partial charge on any atom is 0.0214 e. The highest BCUT2D eigenvalue weighted by atomic mass is 15.2. The lowest BCUT2D eigenvalue weighted by Gasteiger charge is -2.38. The van der Waals surface area contributed by atoms with Gasteiger partial charge in [0, 0.05) is 25.0 Å². The van der Waals surface area contributed by atoms with Crippen molar-refractivity contribution >= 4 is 0 Å². The molecule has 0 saturated carbocycles.